The van der Waals surface area contributed by atoms with E-state index < -0.39 is 23.7 Å². The Labute approximate surface area is 191 Å². The number of ether oxygens (including phenoxy) is 2. The lowest BCUT2D eigenvalue weighted by molar-refractivity contribution is -0.116. The fourth-order valence-corrected chi connectivity index (χ4v) is 3.67. The average molecular weight is 458 g/mol. The van der Waals surface area contributed by atoms with Crippen molar-refractivity contribution in [2.24, 2.45) is 11.8 Å². The Morgan fingerprint density at radius 3 is 2.33 bits per heavy atom. The molecule has 0 bridgehead atoms. The largest absolute Gasteiger partial charge is 0.497 e. The quantitative estimate of drug-likeness (QED) is 0.528. The molecule has 1 N–H and O–H groups in total. The highest BCUT2D eigenvalue weighted by Crippen LogP contribution is 2.28. The second kappa shape index (κ2) is 9.93. The van der Waals surface area contributed by atoms with Crippen molar-refractivity contribution in [2.45, 2.75) is 47.3 Å². The van der Waals surface area contributed by atoms with Gasteiger partial charge in [-0.15, -0.1) is 0 Å². The van der Waals surface area contributed by atoms with Crippen molar-refractivity contribution in [3.8, 4) is 11.5 Å². The third-order valence-electron chi connectivity index (χ3n) is 5.08. The minimum absolute atomic E-state index is 0.143. The van der Waals surface area contributed by atoms with Crippen LogP contribution in [0.4, 0.5) is 5.69 Å². The molecule has 10 nitrogen and oxygen atoms in total. The van der Waals surface area contributed by atoms with Crippen LogP contribution in [0.3, 0.4) is 0 Å². The zero-order chi connectivity index (χ0) is 24.3. The Morgan fingerprint density at radius 2 is 1.73 bits per heavy atom. The van der Waals surface area contributed by atoms with Gasteiger partial charge in [0.25, 0.3) is 5.56 Å². The van der Waals surface area contributed by atoms with Crippen LogP contribution in [0.15, 0.2) is 34.1 Å². The number of nitrogens with one attached hydrogen (secondary N) is 1. The molecule has 0 aliphatic carbocycles. The molecule has 2 aromatic heterocycles. The van der Waals surface area contributed by atoms with Crippen molar-refractivity contribution in [1.82, 2.24) is 18.7 Å². The molecule has 10 heteroatoms. The van der Waals surface area contributed by atoms with Gasteiger partial charge in [-0.05, 0) is 24.0 Å². The van der Waals surface area contributed by atoms with Crippen LogP contribution in [-0.4, -0.2) is 38.8 Å². The molecule has 0 radical (unpaired) electrons. The zero-order valence-corrected chi connectivity index (χ0v) is 19.9. The summed E-state index contributed by atoms with van der Waals surface area (Å²) >= 11 is 0. The molecule has 1 amide bonds. The molecule has 178 valence electrons. The number of aromatic nitrogens is 4. The minimum Gasteiger partial charge on any atom is -0.497 e. The van der Waals surface area contributed by atoms with Gasteiger partial charge in [-0.2, -0.15) is 0 Å². The normalized spacial score (nSPS) is 11.4. The van der Waals surface area contributed by atoms with E-state index in [-0.39, 0.29) is 11.8 Å². The predicted octanol–water partition coefficient (Wildman–Crippen LogP) is 2.33. The standard InChI is InChI=1S/C23H31N5O5/c1-14(2)10-26-13-24-21-20(26)22(30)28(23(31)27(21)11-15(3)4)12-19(29)25-17-8-7-16(32-5)9-18(17)33-6/h7-9,13-15H,10-12H2,1-6H3,(H,25,29). The highest BCUT2D eigenvalue weighted by molar-refractivity contribution is 5.92. The van der Waals surface area contributed by atoms with Crippen LogP contribution in [0.5, 0.6) is 11.5 Å². The van der Waals surface area contributed by atoms with Crippen LogP contribution in [0, 0.1) is 11.8 Å². The highest BCUT2D eigenvalue weighted by atomic mass is 16.5. The van der Waals surface area contributed by atoms with E-state index in [2.05, 4.69) is 10.3 Å². The van der Waals surface area contributed by atoms with Gasteiger partial charge in [-0.3, -0.25) is 14.2 Å². The number of fused-ring (bicyclic) bond motifs is 1. The first-order chi connectivity index (χ1) is 15.7. The number of benzene rings is 1. The number of imidazole rings is 1. The number of carbonyl (C=O) groups is 1. The Hall–Kier alpha value is -3.56. The van der Waals surface area contributed by atoms with Crippen LogP contribution < -0.4 is 26.0 Å². The third-order valence-corrected chi connectivity index (χ3v) is 5.08. The molecule has 33 heavy (non-hydrogen) atoms. The smallest absolute Gasteiger partial charge is 0.333 e. The van der Waals surface area contributed by atoms with Crippen molar-refractivity contribution in [2.75, 3.05) is 19.5 Å². The molecule has 1 aromatic carbocycles. The summed E-state index contributed by atoms with van der Waals surface area (Å²) in [6.07, 6.45) is 1.58. The van der Waals surface area contributed by atoms with E-state index in [4.69, 9.17) is 9.47 Å². The lowest BCUT2D eigenvalue weighted by atomic mass is 10.2. The minimum atomic E-state index is -0.562. The molecule has 3 aromatic rings. The molecule has 2 heterocycles. The molecule has 0 saturated carbocycles. The van der Waals surface area contributed by atoms with Gasteiger partial charge in [-0.25, -0.2) is 14.3 Å². The number of rotatable bonds is 9. The lowest BCUT2D eigenvalue weighted by Crippen LogP contribution is -2.43. The molecular formula is C23H31N5O5. The summed E-state index contributed by atoms with van der Waals surface area (Å²) in [4.78, 5) is 43.7. The summed E-state index contributed by atoms with van der Waals surface area (Å²) in [5, 5.41) is 2.71. The lowest BCUT2D eigenvalue weighted by Gasteiger charge is -2.15. The van der Waals surface area contributed by atoms with E-state index >= 15 is 0 Å². The highest BCUT2D eigenvalue weighted by Gasteiger charge is 2.21. The second-order valence-electron chi connectivity index (χ2n) is 8.76. The molecule has 0 unspecified atom stereocenters. The molecule has 0 saturated heterocycles. The van der Waals surface area contributed by atoms with Crippen LogP contribution in [0.2, 0.25) is 0 Å². The number of methoxy groups -OCH3 is 2. The Balaban J connectivity index is 2.04. The van der Waals surface area contributed by atoms with Crippen LogP contribution >= 0.6 is 0 Å². The van der Waals surface area contributed by atoms with Gasteiger partial charge in [0.2, 0.25) is 5.91 Å². The fourth-order valence-electron chi connectivity index (χ4n) is 3.67. The number of nitrogens with zero attached hydrogens (tertiary/aromatic N) is 4. The van der Waals surface area contributed by atoms with Crippen molar-refractivity contribution >= 4 is 22.8 Å². The summed E-state index contributed by atoms with van der Waals surface area (Å²) in [6, 6.07) is 4.95. The monoisotopic (exact) mass is 457 g/mol. The molecule has 0 aliphatic heterocycles. The molecule has 0 spiro atoms. The summed E-state index contributed by atoms with van der Waals surface area (Å²) < 4.78 is 14.7. The first-order valence-corrected chi connectivity index (χ1v) is 10.9. The Kier molecular flexibility index (Phi) is 7.25. The predicted molar refractivity (Wildman–Crippen MR) is 126 cm³/mol. The number of carbonyl (C=O) groups excluding carboxylic acids is 1. The number of amides is 1. The van der Waals surface area contributed by atoms with Crippen LogP contribution in [0.1, 0.15) is 27.7 Å². The maximum atomic E-state index is 13.3. The first kappa shape index (κ1) is 24.1. The van der Waals surface area contributed by atoms with Gasteiger partial charge in [0, 0.05) is 19.2 Å². The molecule has 0 aliphatic rings. The van der Waals surface area contributed by atoms with Gasteiger partial charge >= 0.3 is 5.69 Å². The molecule has 0 atom stereocenters. The van der Waals surface area contributed by atoms with Crippen molar-refractivity contribution in [3.63, 3.8) is 0 Å². The second-order valence-corrected chi connectivity index (χ2v) is 8.76. The van der Waals surface area contributed by atoms with Crippen LogP contribution in [-0.2, 0) is 24.4 Å². The summed E-state index contributed by atoms with van der Waals surface area (Å²) in [5.74, 6) is 0.860. The topological polar surface area (TPSA) is 109 Å². The van der Waals surface area contributed by atoms with Gasteiger partial charge < -0.3 is 19.4 Å². The van der Waals surface area contributed by atoms with Gasteiger partial charge in [0.05, 0.1) is 26.2 Å². The van der Waals surface area contributed by atoms with Gasteiger partial charge in [0.1, 0.15) is 18.0 Å². The third kappa shape index (κ3) is 5.10. The van der Waals surface area contributed by atoms with Crippen molar-refractivity contribution < 1.29 is 14.3 Å². The molecular weight excluding hydrogens is 426 g/mol. The molecule has 3 rings (SSSR count). The number of anilines is 1. The summed E-state index contributed by atoms with van der Waals surface area (Å²) in [5.41, 5.74) is -0.0331. The number of hydrogen-bond donors (Lipinski definition) is 1. The first-order valence-electron chi connectivity index (χ1n) is 10.9. The maximum absolute atomic E-state index is 13.3. The summed E-state index contributed by atoms with van der Waals surface area (Å²) in [7, 11) is 3.01. The van der Waals surface area contributed by atoms with E-state index in [1.807, 2.05) is 27.7 Å². The fraction of sp³-hybridized carbons (Fsp3) is 0.478. The van der Waals surface area contributed by atoms with E-state index in [0.29, 0.717) is 41.4 Å². The maximum Gasteiger partial charge on any atom is 0.333 e. The average Bonchev–Trinajstić information content (AvgIpc) is 3.17. The zero-order valence-electron chi connectivity index (χ0n) is 19.9. The van der Waals surface area contributed by atoms with E-state index in [0.717, 1.165) is 4.57 Å². The van der Waals surface area contributed by atoms with E-state index in [1.54, 1.807) is 29.1 Å². The Morgan fingerprint density at radius 1 is 1.03 bits per heavy atom. The van der Waals surface area contributed by atoms with Crippen molar-refractivity contribution in [3.05, 3.63) is 45.4 Å². The number of hydrogen-bond acceptors (Lipinski definition) is 6. The van der Waals surface area contributed by atoms with Crippen molar-refractivity contribution in [1.29, 1.82) is 0 Å². The summed E-state index contributed by atoms with van der Waals surface area (Å²) in [6.45, 7) is 8.52. The van der Waals surface area contributed by atoms with Gasteiger partial charge in [0.15, 0.2) is 11.2 Å². The molecule has 0 fully saturated rings. The van der Waals surface area contributed by atoms with E-state index in [9.17, 15) is 14.4 Å². The van der Waals surface area contributed by atoms with Crippen LogP contribution in [0.25, 0.3) is 11.2 Å². The van der Waals surface area contributed by atoms with E-state index in [1.165, 1.54) is 18.8 Å². The Bertz CT molecular complexity index is 1270. The SMILES string of the molecule is COc1ccc(NC(=O)Cn2c(=O)c3c(ncn3CC(C)C)n(CC(C)C)c2=O)c(OC)c1. The van der Waals surface area contributed by atoms with Gasteiger partial charge in [-0.1, -0.05) is 27.7 Å².